The molecule has 0 aliphatic heterocycles. The van der Waals surface area contributed by atoms with Gasteiger partial charge in [-0.1, -0.05) is 19.3 Å². The minimum atomic E-state index is 0. The largest absolute Gasteiger partial charge is 4.00 e. The van der Waals surface area contributed by atoms with E-state index in [1.807, 2.05) is 0 Å². The van der Waals surface area contributed by atoms with Gasteiger partial charge in [0.2, 0.25) is 0 Å². The van der Waals surface area contributed by atoms with E-state index in [-0.39, 0.29) is 58.9 Å². The Labute approximate surface area is 109 Å². The molecule has 5 heteroatoms. The zero-order chi connectivity index (χ0) is 6.24. The predicted molar refractivity (Wildman–Crippen MR) is 35.5 cm³/mol. The smallest absolute Gasteiger partial charge is 1.00 e. The Hall–Kier alpha value is 1.54. The maximum atomic E-state index is 7.00. The summed E-state index contributed by atoms with van der Waals surface area (Å²) in [6.07, 6.45) is 9.50. The topological polar surface area (TPSA) is 20.2 Å². The summed E-state index contributed by atoms with van der Waals surface area (Å²) in [6.45, 7) is 0. The van der Waals surface area contributed by atoms with Crippen LogP contribution in [0.1, 0.15) is 32.1 Å². The van der Waals surface area contributed by atoms with Crippen molar-refractivity contribution >= 4 is 0 Å². The third kappa shape index (κ3) is 22.6. The van der Waals surface area contributed by atoms with E-state index in [2.05, 4.69) is 6.42 Å². The van der Waals surface area contributed by atoms with Gasteiger partial charge in [-0.2, -0.15) is 12.8 Å². The molecule has 0 aromatic rings. The third-order valence-electron chi connectivity index (χ3n) is 1.32. The maximum absolute atomic E-state index is 7.00. The summed E-state index contributed by atoms with van der Waals surface area (Å²) in [6, 6.07) is 0. The molecule has 1 fully saturated rings. The van der Waals surface area contributed by atoms with Crippen LogP contribution in [0.25, 0.3) is 0 Å². The monoisotopic (exact) mass is 268 g/mol. The quantitative estimate of drug-likeness (QED) is 0.342. The van der Waals surface area contributed by atoms with E-state index in [9.17, 15) is 0 Å². The molecule has 0 aromatic carbocycles. The molecule has 0 amide bonds. The minimum absolute atomic E-state index is 0. The molecule has 0 spiro atoms. The first-order valence-electron chi connectivity index (χ1n) is 3.26. The molecule has 1 aliphatic carbocycles. The molecule has 0 radical (unpaired) electrons. The predicted octanol–water partition coefficient (Wildman–Crippen LogP) is -7.23. The fourth-order valence-corrected chi connectivity index (χ4v) is 0.898. The Bertz CT molecular complexity index is 34.1. The van der Waals surface area contributed by atoms with Crippen molar-refractivity contribution in [3.63, 3.8) is 0 Å². The van der Waals surface area contributed by atoms with Gasteiger partial charge in [0.15, 0.2) is 0 Å². The van der Waals surface area contributed by atoms with Crippen molar-refractivity contribution in [1.29, 1.82) is 0 Å². The van der Waals surface area contributed by atoms with Gasteiger partial charge >= 0.3 is 21.7 Å². The van der Waals surface area contributed by atoms with Gasteiger partial charge in [0.25, 0.3) is 0 Å². The molecule has 1 rings (SSSR count). The van der Waals surface area contributed by atoms with Crippen molar-refractivity contribution in [2.45, 2.75) is 32.1 Å². The van der Waals surface area contributed by atoms with Crippen LogP contribution in [0.3, 0.4) is 0 Å². The van der Waals surface area contributed by atoms with E-state index in [1.165, 1.54) is 32.1 Å². The van der Waals surface area contributed by atoms with Crippen LogP contribution in [0.15, 0.2) is 0 Å². The van der Waals surface area contributed by atoms with Crippen LogP contribution in [-0.2, 0) is 21.7 Å². The van der Waals surface area contributed by atoms with E-state index >= 15 is 0 Å². The molecule has 0 atom stereocenters. The first-order chi connectivity index (χ1) is 4.00. The van der Waals surface area contributed by atoms with E-state index in [1.54, 1.807) is 0 Å². The average Bonchev–Trinajstić information content (AvgIpc) is 1.96. The first-order valence-corrected chi connectivity index (χ1v) is 3.26. The maximum Gasteiger partial charge on any atom is 4.00 e. The van der Waals surface area contributed by atoms with Gasteiger partial charge in [-0.25, -0.2) is 0 Å². The molecule has 1 aliphatic rings. The molecular weight excluding hydrogens is 254 g/mol. The van der Waals surface area contributed by atoms with Crippen LogP contribution in [0.4, 0.5) is 0 Å². The fraction of sp³-hybridized carbons (Fsp3) is 0.857. The first kappa shape index (κ1) is 29.2. The Kier molecular flexibility index (Phi) is 71.5. The van der Waals surface area contributed by atoms with Crippen LogP contribution >= 0.6 is 0 Å². The van der Waals surface area contributed by atoms with Crippen LogP contribution in [0, 0.1) is 6.42 Å². The summed E-state index contributed by atoms with van der Waals surface area (Å²) in [7, 11) is 1.00. The van der Waals surface area contributed by atoms with E-state index in [4.69, 9.17) is 5.11 Å². The van der Waals surface area contributed by atoms with Crippen molar-refractivity contribution in [1.82, 2.24) is 0 Å². The Morgan fingerprint density at radius 2 is 1.17 bits per heavy atom. The summed E-state index contributed by atoms with van der Waals surface area (Å²) >= 11 is 0. The molecule has 1 nitrogen and oxygen atoms in total. The molecule has 0 saturated heterocycles. The zero-order valence-electron chi connectivity index (χ0n) is 7.19. The second-order valence-electron chi connectivity index (χ2n) is 1.93. The van der Waals surface area contributed by atoms with E-state index < -0.39 is 0 Å². The summed E-state index contributed by atoms with van der Waals surface area (Å²) in [4.78, 5) is 0. The molecule has 1 saturated carbocycles. The molecule has 1 N–H and O–H groups in total. The second kappa shape index (κ2) is 29.4. The van der Waals surface area contributed by atoms with Crippen molar-refractivity contribution < 1.29 is 64.0 Å². The standard InChI is InChI=1S/C6H11.CH4O.3ClH.Ti/c1-2-4-6-5-3-1;1-2;;;;/h1H,2-6H2;2H,1H3;3*1H;/q-1;;;;;+4/p-3. The van der Waals surface area contributed by atoms with Gasteiger partial charge in [0.1, 0.15) is 0 Å². The summed E-state index contributed by atoms with van der Waals surface area (Å²) in [5.41, 5.74) is 0. The number of hydrogen-bond donors (Lipinski definition) is 1. The summed E-state index contributed by atoms with van der Waals surface area (Å²) in [5, 5.41) is 7.00. The van der Waals surface area contributed by atoms with Crippen LogP contribution in [0.5, 0.6) is 0 Å². The summed E-state index contributed by atoms with van der Waals surface area (Å²) < 4.78 is 0. The SMILES string of the molecule is CO.[CH-]1CCCCC1.[Cl-].[Cl-].[Cl-].[Ti+4]. The Morgan fingerprint density at radius 1 is 0.833 bits per heavy atom. The molecule has 0 aromatic heterocycles. The molecule has 12 heavy (non-hydrogen) atoms. The van der Waals surface area contributed by atoms with Crippen molar-refractivity contribution in [3.05, 3.63) is 6.42 Å². The van der Waals surface area contributed by atoms with Gasteiger partial charge in [0.05, 0.1) is 0 Å². The number of aliphatic hydroxyl groups excluding tert-OH is 1. The van der Waals surface area contributed by atoms with Crippen LogP contribution in [-0.4, -0.2) is 12.2 Å². The minimum Gasteiger partial charge on any atom is -1.00 e. The van der Waals surface area contributed by atoms with Crippen molar-refractivity contribution in [3.8, 4) is 0 Å². The van der Waals surface area contributed by atoms with Crippen LogP contribution < -0.4 is 37.2 Å². The number of rotatable bonds is 0. The van der Waals surface area contributed by atoms with Crippen LogP contribution in [0.2, 0.25) is 0 Å². The van der Waals surface area contributed by atoms with Gasteiger partial charge in [-0.05, 0) is 0 Å². The second-order valence-corrected chi connectivity index (χ2v) is 1.93. The Balaban J connectivity index is -0.0000000257. The van der Waals surface area contributed by atoms with Gasteiger partial charge in [-0.3, -0.25) is 0 Å². The summed E-state index contributed by atoms with van der Waals surface area (Å²) in [5.74, 6) is 0. The fourth-order valence-electron chi connectivity index (χ4n) is 0.898. The molecule has 74 valence electrons. The number of halogens is 3. The zero-order valence-corrected chi connectivity index (χ0v) is 11.0. The molecular formula is C7H15Cl3OTi. The number of aliphatic hydroxyl groups is 1. The number of hydrogen-bond acceptors (Lipinski definition) is 1. The van der Waals surface area contributed by atoms with Gasteiger partial charge < -0.3 is 48.7 Å². The van der Waals surface area contributed by atoms with E-state index in [0.29, 0.717) is 0 Å². The third-order valence-corrected chi connectivity index (χ3v) is 1.32. The van der Waals surface area contributed by atoms with Gasteiger partial charge in [0, 0.05) is 7.11 Å². The van der Waals surface area contributed by atoms with Crippen molar-refractivity contribution in [2.24, 2.45) is 0 Å². The van der Waals surface area contributed by atoms with Gasteiger partial charge in [-0.15, -0.1) is 0 Å². The Morgan fingerprint density at radius 3 is 1.25 bits per heavy atom. The van der Waals surface area contributed by atoms with E-state index in [0.717, 1.165) is 7.11 Å². The molecule has 0 heterocycles. The average molecular weight is 269 g/mol. The normalized spacial score (nSPS) is 12.5. The van der Waals surface area contributed by atoms with Crippen molar-refractivity contribution in [2.75, 3.05) is 7.11 Å². The molecule has 0 bridgehead atoms. The molecule has 0 unspecified atom stereocenters.